The van der Waals surface area contributed by atoms with E-state index in [-0.39, 0.29) is 5.69 Å². The number of aliphatic hydroxyl groups is 1. The van der Waals surface area contributed by atoms with Gasteiger partial charge in [-0.3, -0.25) is 0 Å². The molecule has 7 heteroatoms. The third kappa shape index (κ3) is 4.23. The molecule has 1 unspecified atom stereocenters. The predicted molar refractivity (Wildman–Crippen MR) is 79.5 cm³/mol. The van der Waals surface area contributed by atoms with Gasteiger partial charge in [-0.1, -0.05) is 12.1 Å². The summed E-state index contributed by atoms with van der Waals surface area (Å²) in [6, 6.07) is 6.60. The summed E-state index contributed by atoms with van der Waals surface area (Å²) in [5.74, 6) is -2.28. The topological polar surface area (TPSA) is 61.4 Å². The lowest BCUT2D eigenvalue weighted by atomic mass is 10.1. The number of carbonyl (C=O) groups is 1. The van der Waals surface area contributed by atoms with Crippen LogP contribution in [0.4, 0.5) is 23.7 Å². The summed E-state index contributed by atoms with van der Waals surface area (Å²) in [5.41, 5.74) is 0.132. The molecular weight excluding hydrogens is 309 g/mol. The van der Waals surface area contributed by atoms with Gasteiger partial charge in [-0.25, -0.2) is 18.0 Å². The molecule has 0 saturated heterocycles. The number of aryl methyl sites for hydroxylation is 1. The van der Waals surface area contributed by atoms with Gasteiger partial charge >= 0.3 is 6.03 Å². The lowest BCUT2D eigenvalue weighted by molar-refractivity contribution is 0.166. The van der Waals surface area contributed by atoms with Gasteiger partial charge < -0.3 is 15.7 Å². The number of amides is 2. The quantitative estimate of drug-likeness (QED) is 0.808. The summed E-state index contributed by atoms with van der Waals surface area (Å²) in [5, 5.41) is 14.4. The van der Waals surface area contributed by atoms with Gasteiger partial charge in [-0.2, -0.15) is 0 Å². The number of benzene rings is 2. The van der Waals surface area contributed by atoms with E-state index in [1.54, 1.807) is 6.92 Å². The number of aliphatic hydroxyl groups excluding tert-OH is 1. The molecule has 2 aromatic rings. The fourth-order valence-electron chi connectivity index (χ4n) is 1.97. The maximum atomic E-state index is 13.5. The van der Waals surface area contributed by atoms with Gasteiger partial charge in [0.2, 0.25) is 0 Å². The van der Waals surface area contributed by atoms with Crippen LogP contribution in [0.2, 0.25) is 0 Å². The van der Waals surface area contributed by atoms with Gasteiger partial charge in [0.05, 0.1) is 5.56 Å². The van der Waals surface area contributed by atoms with Crippen molar-refractivity contribution >= 4 is 11.7 Å². The van der Waals surface area contributed by atoms with Gasteiger partial charge in [0.15, 0.2) is 0 Å². The fraction of sp³-hybridized carbons (Fsp3) is 0.188. The molecule has 0 aliphatic carbocycles. The highest BCUT2D eigenvalue weighted by Crippen LogP contribution is 2.20. The molecule has 0 aliphatic heterocycles. The lowest BCUT2D eigenvalue weighted by Crippen LogP contribution is -2.32. The molecule has 122 valence electrons. The van der Waals surface area contributed by atoms with E-state index in [0.717, 1.165) is 18.2 Å². The smallest absolute Gasteiger partial charge is 0.319 e. The second-order valence-corrected chi connectivity index (χ2v) is 4.95. The van der Waals surface area contributed by atoms with Crippen molar-refractivity contribution in [2.24, 2.45) is 0 Å². The second-order valence-electron chi connectivity index (χ2n) is 4.95. The maximum Gasteiger partial charge on any atom is 0.319 e. The van der Waals surface area contributed by atoms with E-state index >= 15 is 0 Å². The van der Waals surface area contributed by atoms with Gasteiger partial charge in [-0.05, 0) is 36.8 Å². The Morgan fingerprint density at radius 3 is 2.39 bits per heavy atom. The highest BCUT2D eigenvalue weighted by molar-refractivity contribution is 5.89. The Balaban J connectivity index is 1.95. The second kappa shape index (κ2) is 7.15. The zero-order valence-corrected chi connectivity index (χ0v) is 12.2. The number of anilines is 1. The number of urea groups is 1. The third-order valence-corrected chi connectivity index (χ3v) is 3.22. The Labute approximate surface area is 131 Å². The number of nitrogens with one attached hydrogen (secondary N) is 2. The summed E-state index contributed by atoms with van der Waals surface area (Å²) < 4.78 is 40.3. The number of hydrogen-bond acceptors (Lipinski definition) is 2. The van der Waals surface area contributed by atoms with Crippen molar-refractivity contribution in [2.45, 2.75) is 13.0 Å². The highest BCUT2D eigenvalue weighted by Gasteiger charge is 2.18. The largest absolute Gasteiger partial charge is 0.386 e. The highest BCUT2D eigenvalue weighted by atomic mass is 19.1. The standard InChI is InChI=1S/C16H15F3N2O2/c1-9-5-6-10(7-13(9)19)21-16(23)20-8-14(22)15-11(17)3-2-4-12(15)18/h2-7,14,22H,8H2,1H3,(H2,20,21,23). The van der Waals surface area contributed by atoms with Crippen LogP contribution < -0.4 is 10.6 Å². The maximum absolute atomic E-state index is 13.5. The van der Waals surface area contributed by atoms with Crippen molar-refractivity contribution in [2.75, 3.05) is 11.9 Å². The summed E-state index contributed by atoms with van der Waals surface area (Å²) in [6.07, 6.45) is -1.54. The average Bonchev–Trinajstić information content (AvgIpc) is 2.49. The first-order chi connectivity index (χ1) is 10.9. The molecule has 0 spiro atoms. The molecule has 0 heterocycles. The van der Waals surface area contributed by atoms with Crippen LogP contribution >= 0.6 is 0 Å². The third-order valence-electron chi connectivity index (χ3n) is 3.22. The van der Waals surface area contributed by atoms with Crippen LogP contribution in [0.15, 0.2) is 36.4 Å². The Hall–Kier alpha value is -2.54. The van der Waals surface area contributed by atoms with E-state index in [2.05, 4.69) is 10.6 Å². The fourth-order valence-corrected chi connectivity index (χ4v) is 1.97. The Morgan fingerprint density at radius 2 is 1.78 bits per heavy atom. The van der Waals surface area contributed by atoms with Crippen LogP contribution in [0.1, 0.15) is 17.2 Å². The molecule has 4 nitrogen and oxygen atoms in total. The molecular formula is C16H15F3N2O2. The predicted octanol–water partition coefficient (Wildman–Crippen LogP) is 3.27. The minimum absolute atomic E-state index is 0.220. The van der Waals surface area contributed by atoms with E-state index in [1.165, 1.54) is 18.2 Å². The number of rotatable bonds is 4. The summed E-state index contributed by atoms with van der Waals surface area (Å²) in [7, 11) is 0. The monoisotopic (exact) mass is 324 g/mol. The Kier molecular flexibility index (Phi) is 5.23. The summed E-state index contributed by atoms with van der Waals surface area (Å²) >= 11 is 0. The van der Waals surface area contributed by atoms with Crippen molar-refractivity contribution < 1.29 is 23.1 Å². The zero-order valence-electron chi connectivity index (χ0n) is 12.2. The van der Waals surface area contributed by atoms with E-state index in [4.69, 9.17) is 0 Å². The van der Waals surface area contributed by atoms with E-state index in [1.807, 2.05) is 0 Å². The van der Waals surface area contributed by atoms with Gasteiger partial charge in [0.25, 0.3) is 0 Å². The molecule has 23 heavy (non-hydrogen) atoms. The molecule has 0 saturated carbocycles. The first kappa shape index (κ1) is 16.8. The Bertz CT molecular complexity index is 702. The normalized spacial score (nSPS) is 11.9. The van der Waals surface area contributed by atoms with Crippen molar-refractivity contribution in [3.63, 3.8) is 0 Å². The van der Waals surface area contributed by atoms with Crippen LogP contribution in [0.3, 0.4) is 0 Å². The van der Waals surface area contributed by atoms with Gasteiger partial charge in [0.1, 0.15) is 23.6 Å². The molecule has 0 aliphatic rings. The van der Waals surface area contributed by atoms with E-state index in [0.29, 0.717) is 5.56 Å². The zero-order chi connectivity index (χ0) is 17.0. The minimum atomic E-state index is -1.54. The molecule has 0 fully saturated rings. The van der Waals surface area contributed by atoms with Crippen molar-refractivity contribution in [3.8, 4) is 0 Å². The van der Waals surface area contributed by atoms with Crippen LogP contribution in [0.5, 0.6) is 0 Å². The van der Waals surface area contributed by atoms with Gasteiger partial charge in [0, 0.05) is 12.2 Å². The number of hydrogen-bond donors (Lipinski definition) is 3. The molecule has 0 radical (unpaired) electrons. The Morgan fingerprint density at radius 1 is 1.13 bits per heavy atom. The molecule has 2 amide bonds. The average molecular weight is 324 g/mol. The van der Waals surface area contributed by atoms with Crippen LogP contribution in [0.25, 0.3) is 0 Å². The molecule has 0 aromatic heterocycles. The van der Waals surface area contributed by atoms with E-state index in [9.17, 15) is 23.1 Å². The minimum Gasteiger partial charge on any atom is -0.386 e. The van der Waals surface area contributed by atoms with Crippen molar-refractivity contribution in [3.05, 3.63) is 65.0 Å². The van der Waals surface area contributed by atoms with Crippen LogP contribution in [-0.4, -0.2) is 17.7 Å². The van der Waals surface area contributed by atoms with E-state index < -0.39 is 41.7 Å². The molecule has 0 bridgehead atoms. The first-order valence-corrected chi connectivity index (χ1v) is 6.81. The molecule has 3 N–H and O–H groups in total. The summed E-state index contributed by atoms with van der Waals surface area (Å²) in [4.78, 5) is 11.7. The lowest BCUT2D eigenvalue weighted by Gasteiger charge is -2.14. The molecule has 2 aromatic carbocycles. The number of carbonyl (C=O) groups excluding carboxylic acids is 1. The molecule has 1 atom stereocenters. The number of halogens is 3. The SMILES string of the molecule is Cc1ccc(NC(=O)NCC(O)c2c(F)cccc2F)cc1F. The van der Waals surface area contributed by atoms with Crippen molar-refractivity contribution in [1.82, 2.24) is 5.32 Å². The molecule has 2 rings (SSSR count). The van der Waals surface area contributed by atoms with Crippen LogP contribution in [-0.2, 0) is 0 Å². The van der Waals surface area contributed by atoms with Crippen LogP contribution in [0, 0.1) is 24.4 Å². The first-order valence-electron chi connectivity index (χ1n) is 6.81. The van der Waals surface area contributed by atoms with Gasteiger partial charge in [-0.15, -0.1) is 0 Å². The summed E-state index contributed by atoms with van der Waals surface area (Å²) in [6.45, 7) is 1.18. The van der Waals surface area contributed by atoms with Crippen molar-refractivity contribution in [1.29, 1.82) is 0 Å².